The number of hydrogen-bond donors (Lipinski definition) is 1. The summed E-state index contributed by atoms with van der Waals surface area (Å²) in [6.07, 6.45) is 10.5. The lowest BCUT2D eigenvalue weighted by Crippen LogP contribution is -2.49. The molecule has 140 valence electrons. The van der Waals surface area contributed by atoms with Crippen molar-refractivity contribution >= 4 is 5.91 Å². The summed E-state index contributed by atoms with van der Waals surface area (Å²) in [5.74, 6) is 1.87. The van der Waals surface area contributed by atoms with Gasteiger partial charge in [-0.1, -0.05) is 24.4 Å². The molecule has 1 aromatic heterocycles. The van der Waals surface area contributed by atoms with Crippen molar-refractivity contribution in [2.45, 2.75) is 77.7 Å². The van der Waals surface area contributed by atoms with E-state index in [4.69, 9.17) is 4.52 Å². The van der Waals surface area contributed by atoms with Crippen molar-refractivity contribution in [3.8, 4) is 0 Å². The molecule has 1 amide bonds. The Hall–Kier alpha value is -1.36. The Labute approximate surface area is 151 Å². The van der Waals surface area contributed by atoms with Crippen molar-refractivity contribution < 1.29 is 9.32 Å². The smallest absolute Gasteiger partial charge is 0.220 e. The third-order valence-corrected chi connectivity index (χ3v) is 5.90. The van der Waals surface area contributed by atoms with Crippen LogP contribution in [0.25, 0.3) is 0 Å². The van der Waals surface area contributed by atoms with Gasteiger partial charge in [-0.25, -0.2) is 0 Å². The molecule has 1 N–H and O–H groups in total. The number of carbonyl (C=O) groups is 1. The normalized spacial score (nSPS) is 22.9. The molecule has 1 saturated carbocycles. The van der Waals surface area contributed by atoms with Crippen molar-refractivity contribution in [2.24, 2.45) is 5.92 Å². The molecule has 1 atom stereocenters. The molecule has 0 bridgehead atoms. The van der Waals surface area contributed by atoms with E-state index in [1.165, 1.54) is 51.6 Å². The zero-order valence-electron chi connectivity index (χ0n) is 15.9. The van der Waals surface area contributed by atoms with Gasteiger partial charge in [-0.2, -0.15) is 0 Å². The molecule has 5 nitrogen and oxygen atoms in total. The highest BCUT2D eigenvalue weighted by Crippen LogP contribution is 2.25. The molecule has 2 heterocycles. The third-order valence-electron chi connectivity index (χ3n) is 5.90. The van der Waals surface area contributed by atoms with E-state index in [0.29, 0.717) is 18.9 Å². The van der Waals surface area contributed by atoms with Crippen molar-refractivity contribution in [3.63, 3.8) is 0 Å². The van der Waals surface area contributed by atoms with Gasteiger partial charge in [0.1, 0.15) is 5.76 Å². The molecule has 1 aliphatic heterocycles. The van der Waals surface area contributed by atoms with Gasteiger partial charge in [0, 0.05) is 31.1 Å². The molecule has 3 rings (SSSR count). The van der Waals surface area contributed by atoms with Gasteiger partial charge in [-0.15, -0.1) is 0 Å². The van der Waals surface area contributed by atoms with E-state index in [-0.39, 0.29) is 5.91 Å². The SMILES string of the molecule is Cc1noc(C)c1CCC(=O)NC1CCCN(CC2CCCCC2)C1. The molecule has 1 aromatic rings. The minimum absolute atomic E-state index is 0.157. The molecule has 1 saturated heterocycles. The van der Waals surface area contributed by atoms with Crippen LogP contribution in [0.2, 0.25) is 0 Å². The Morgan fingerprint density at radius 3 is 2.72 bits per heavy atom. The molecular formula is C20H33N3O2. The molecule has 2 fully saturated rings. The lowest BCUT2D eigenvalue weighted by molar-refractivity contribution is -0.122. The first kappa shape index (κ1) is 18.4. The molecule has 5 heteroatoms. The summed E-state index contributed by atoms with van der Waals surface area (Å²) in [5.41, 5.74) is 1.99. The first-order valence-corrected chi connectivity index (χ1v) is 10.1. The fourth-order valence-corrected chi connectivity index (χ4v) is 4.47. The van der Waals surface area contributed by atoms with Gasteiger partial charge in [0.15, 0.2) is 0 Å². The lowest BCUT2D eigenvalue weighted by Gasteiger charge is -2.36. The average Bonchev–Trinajstić information content (AvgIpc) is 2.92. The van der Waals surface area contributed by atoms with Crippen LogP contribution < -0.4 is 5.32 Å². The number of nitrogens with one attached hydrogen (secondary N) is 1. The zero-order valence-corrected chi connectivity index (χ0v) is 15.9. The van der Waals surface area contributed by atoms with Gasteiger partial charge in [-0.05, 0) is 58.4 Å². The number of rotatable bonds is 6. The maximum atomic E-state index is 12.3. The molecule has 2 aliphatic rings. The number of hydrogen-bond acceptors (Lipinski definition) is 4. The maximum Gasteiger partial charge on any atom is 0.220 e. The Kier molecular flexibility index (Phi) is 6.51. The fourth-order valence-electron chi connectivity index (χ4n) is 4.47. The van der Waals surface area contributed by atoms with Crippen molar-refractivity contribution in [3.05, 3.63) is 17.0 Å². The van der Waals surface area contributed by atoms with Crippen LogP contribution in [-0.2, 0) is 11.2 Å². The van der Waals surface area contributed by atoms with E-state index in [0.717, 1.165) is 35.9 Å². The summed E-state index contributed by atoms with van der Waals surface area (Å²) in [6, 6.07) is 0.314. The summed E-state index contributed by atoms with van der Waals surface area (Å²) >= 11 is 0. The minimum Gasteiger partial charge on any atom is -0.361 e. The topological polar surface area (TPSA) is 58.4 Å². The molecule has 1 unspecified atom stereocenters. The number of carbonyl (C=O) groups excluding carboxylic acids is 1. The second-order valence-corrected chi connectivity index (χ2v) is 7.97. The van der Waals surface area contributed by atoms with E-state index in [2.05, 4.69) is 15.4 Å². The van der Waals surface area contributed by atoms with E-state index in [1.54, 1.807) is 0 Å². The standard InChI is InChI=1S/C20H33N3O2/c1-15-19(16(2)25-22-15)10-11-20(24)21-18-9-6-12-23(14-18)13-17-7-4-3-5-8-17/h17-18H,3-14H2,1-2H3,(H,21,24). The van der Waals surface area contributed by atoms with Gasteiger partial charge in [0.2, 0.25) is 5.91 Å². The van der Waals surface area contributed by atoms with Gasteiger partial charge >= 0.3 is 0 Å². The molecule has 0 spiro atoms. The van der Waals surface area contributed by atoms with Crippen LogP contribution in [0.5, 0.6) is 0 Å². The number of piperidine rings is 1. The van der Waals surface area contributed by atoms with Crippen molar-refractivity contribution in [1.82, 2.24) is 15.4 Å². The van der Waals surface area contributed by atoms with Crippen LogP contribution in [0, 0.1) is 19.8 Å². The highest BCUT2D eigenvalue weighted by Gasteiger charge is 2.24. The second kappa shape index (κ2) is 8.84. The Morgan fingerprint density at radius 2 is 2.00 bits per heavy atom. The van der Waals surface area contributed by atoms with Crippen LogP contribution in [-0.4, -0.2) is 41.6 Å². The van der Waals surface area contributed by atoms with Gasteiger partial charge in [0.25, 0.3) is 0 Å². The monoisotopic (exact) mass is 347 g/mol. The van der Waals surface area contributed by atoms with Crippen LogP contribution in [0.3, 0.4) is 0 Å². The Balaban J connectivity index is 1.41. The zero-order chi connectivity index (χ0) is 17.6. The molecular weight excluding hydrogens is 314 g/mol. The lowest BCUT2D eigenvalue weighted by atomic mass is 9.88. The van der Waals surface area contributed by atoms with Crippen LogP contribution in [0.1, 0.15) is 68.4 Å². The molecule has 0 radical (unpaired) electrons. The van der Waals surface area contributed by atoms with Gasteiger partial charge < -0.3 is 14.7 Å². The van der Waals surface area contributed by atoms with E-state index < -0.39 is 0 Å². The number of aryl methyl sites for hydroxylation is 2. The molecule has 1 aliphatic carbocycles. The summed E-state index contributed by atoms with van der Waals surface area (Å²) in [5, 5.41) is 7.22. The number of aromatic nitrogens is 1. The van der Waals surface area contributed by atoms with Gasteiger partial charge in [-0.3, -0.25) is 4.79 Å². The average molecular weight is 348 g/mol. The quantitative estimate of drug-likeness (QED) is 0.857. The first-order chi connectivity index (χ1) is 12.1. The number of likely N-dealkylation sites (tertiary alicyclic amines) is 1. The number of amides is 1. The Morgan fingerprint density at radius 1 is 1.20 bits per heavy atom. The van der Waals surface area contributed by atoms with E-state index in [1.807, 2.05) is 13.8 Å². The predicted octanol–water partition coefficient (Wildman–Crippen LogP) is 3.38. The number of nitrogens with zero attached hydrogens (tertiary/aromatic N) is 2. The first-order valence-electron chi connectivity index (χ1n) is 10.1. The van der Waals surface area contributed by atoms with E-state index in [9.17, 15) is 4.79 Å². The third kappa shape index (κ3) is 5.30. The maximum absolute atomic E-state index is 12.3. The van der Waals surface area contributed by atoms with Crippen LogP contribution >= 0.6 is 0 Å². The van der Waals surface area contributed by atoms with Crippen LogP contribution in [0.4, 0.5) is 0 Å². The summed E-state index contributed by atoms with van der Waals surface area (Å²) in [6.45, 7) is 7.30. The minimum atomic E-state index is 0.157. The van der Waals surface area contributed by atoms with E-state index >= 15 is 0 Å². The molecule has 0 aromatic carbocycles. The summed E-state index contributed by atoms with van der Waals surface area (Å²) < 4.78 is 5.18. The fraction of sp³-hybridized carbons (Fsp3) is 0.800. The summed E-state index contributed by atoms with van der Waals surface area (Å²) in [7, 11) is 0. The van der Waals surface area contributed by atoms with Crippen LogP contribution in [0.15, 0.2) is 4.52 Å². The van der Waals surface area contributed by atoms with Crippen molar-refractivity contribution in [2.75, 3.05) is 19.6 Å². The largest absolute Gasteiger partial charge is 0.361 e. The van der Waals surface area contributed by atoms with Crippen molar-refractivity contribution in [1.29, 1.82) is 0 Å². The predicted molar refractivity (Wildman–Crippen MR) is 98.5 cm³/mol. The van der Waals surface area contributed by atoms with Gasteiger partial charge in [0.05, 0.1) is 5.69 Å². The highest BCUT2D eigenvalue weighted by molar-refractivity contribution is 5.76. The highest BCUT2D eigenvalue weighted by atomic mass is 16.5. The molecule has 25 heavy (non-hydrogen) atoms. The second-order valence-electron chi connectivity index (χ2n) is 7.97. The Bertz CT molecular complexity index is 544. The summed E-state index contributed by atoms with van der Waals surface area (Å²) in [4.78, 5) is 14.9.